The summed E-state index contributed by atoms with van der Waals surface area (Å²) in [6.07, 6.45) is 2.02. The first-order valence-electron chi connectivity index (χ1n) is 19.9. The van der Waals surface area contributed by atoms with Crippen LogP contribution in [0.1, 0.15) is 31.6 Å². The molecule has 2 saturated heterocycles. The molecule has 9 N–H and O–H groups in total. The number of imidazole rings is 3. The highest BCUT2D eigenvalue weighted by atomic mass is 32.2. The van der Waals surface area contributed by atoms with E-state index in [2.05, 4.69) is 39.1 Å². The van der Waals surface area contributed by atoms with Crippen LogP contribution in [0, 0.1) is 0 Å². The number of nitrogens with one attached hydrogen (secondary N) is 3. The van der Waals surface area contributed by atoms with Crippen molar-refractivity contribution < 1.29 is 55.7 Å². The van der Waals surface area contributed by atoms with Gasteiger partial charge in [0, 0.05) is 54.7 Å². The third-order valence-corrected chi connectivity index (χ3v) is 13.3. The topological polar surface area (TPSA) is 359 Å². The maximum absolute atomic E-state index is 11.9. The number of benzene rings is 1. The van der Waals surface area contributed by atoms with E-state index in [4.69, 9.17) is 23.1 Å². The number of rotatable bonds is 12. The van der Waals surface area contributed by atoms with Gasteiger partial charge in [-0.05, 0) is 24.5 Å². The van der Waals surface area contributed by atoms with Crippen LogP contribution >= 0.6 is 0 Å². The van der Waals surface area contributed by atoms with Gasteiger partial charge in [0.05, 0.1) is 37.2 Å². The number of aromatic nitrogens is 10. The van der Waals surface area contributed by atoms with E-state index in [9.17, 15) is 46.9 Å². The minimum atomic E-state index is -4.38. The van der Waals surface area contributed by atoms with Crippen molar-refractivity contribution in [2.45, 2.75) is 75.0 Å². The van der Waals surface area contributed by atoms with E-state index in [-0.39, 0.29) is 41.5 Å². The summed E-state index contributed by atoms with van der Waals surface area (Å²) in [5.74, 6) is -1.04. The zero-order valence-corrected chi connectivity index (χ0v) is 36.3. The van der Waals surface area contributed by atoms with Gasteiger partial charge in [-0.1, -0.05) is 25.1 Å². The number of aryl methyl sites for hydroxylation is 2. The Balaban J connectivity index is 0.000000153. The van der Waals surface area contributed by atoms with Gasteiger partial charge in [0.2, 0.25) is 11.9 Å². The first-order valence-corrected chi connectivity index (χ1v) is 23.1. The van der Waals surface area contributed by atoms with Crippen molar-refractivity contribution in [3.05, 3.63) is 77.8 Å². The largest absolute Gasteiger partial charge is 0.388 e. The second kappa shape index (κ2) is 19.3. The molecule has 1 aromatic carbocycles. The first-order chi connectivity index (χ1) is 30.9. The Bertz CT molecular complexity index is 3080. The predicted octanol–water partition coefficient (Wildman–Crippen LogP) is -2.14. The van der Waals surface area contributed by atoms with Crippen molar-refractivity contribution in [3.63, 3.8) is 0 Å². The Morgan fingerprint density at radius 3 is 2.42 bits per heavy atom. The summed E-state index contributed by atoms with van der Waals surface area (Å²) in [6, 6.07) is 6.43. The molecule has 0 aliphatic carbocycles. The summed E-state index contributed by atoms with van der Waals surface area (Å²) < 4.78 is 69.0. The van der Waals surface area contributed by atoms with Crippen LogP contribution in [-0.2, 0) is 52.1 Å². The fraction of sp³-hybridized carbons (Fsp3) is 0.432. The van der Waals surface area contributed by atoms with Gasteiger partial charge in [-0.15, -0.1) is 0 Å². The molecule has 6 aromatic heterocycles. The van der Waals surface area contributed by atoms with E-state index < -0.39 is 87.1 Å². The lowest BCUT2D eigenvalue weighted by Gasteiger charge is -2.16. The number of hydrogen-bond donors (Lipinski definition) is 8. The highest BCUT2D eigenvalue weighted by Crippen LogP contribution is 2.33. The number of aliphatic hydroxyl groups excluding tert-OH is 4. The maximum Gasteiger partial charge on any atom is 0.362 e. The van der Waals surface area contributed by atoms with E-state index in [0.29, 0.717) is 6.42 Å². The summed E-state index contributed by atoms with van der Waals surface area (Å²) >= 11 is 0. The lowest BCUT2D eigenvalue weighted by Crippen LogP contribution is -2.38. The number of carbonyl (C=O) groups is 1. The number of nitrogen functional groups attached to an aromatic ring is 1. The first kappa shape index (κ1) is 47.1. The minimum Gasteiger partial charge on any atom is -0.388 e. The van der Waals surface area contributed by atoms with Gasteiger partial charge in [0.1, 0.15) is 48.4 Å². The molecule has 2 fully saturated rings. The lowest BCUT2D eigenvalue weighted by atomic mass is 9.93. The third kappa shape index (κ3) is 10.5. The van der Waals surface area contributed by atoms with Crippen molar-refractivity contribution in [3.8, 4) is 0 Å². The number of sulfone groups is 1. The fourth-order valence-electron chi connectivity index (χ4n) is 7.09. The van der Waals surface area contributed by atoms with E-state index >= 15 is 0 Å². The number of para-hydroxylation sites is 1. The van der Waals surface area contributed by atoms with Crippen LogP contribution in [-0.4, -0.2) is 160 Å². The monoisotopic (exact) mass is 940 g/mol. The van der Waals surface area contributed by atoms with Gasteiger partial charge < -0.3 is 45.2 Å². The van der Waals surface area contributed by atoms with Gasteiger partial charge in [0.25, 0.3) is 5.56 Å². The molecule has 2 unspecified atom stereocenters. The Hall–Kier alpha value is -5.85. The van der Waals surface area contributed by atoms with Crippen LogP contribution in [0.2, 0.25) is 0 Å². The summed E-state index contributed by atoms with van der Waals surface area (Å²) in [5, 5.41) is 40.5. The van der Waals surface area contributed by atoms with Gasteiger partial charge in [-0.25, -0.2) is 33.1 Å². The summed E-state index contributed by atoms with van der Waals surface area (Å²) in [6.45, 7) is 0.946. The Kier molecular flexibility index (Phi) is 14.0. The van der Waals surface area contributed by atoms with Crippen LogP contribution in [0.3, 0.4) is 0 Å². The normalized spacial score (nSPS) is 23.4. The number of amides is 1. The fourth-order valence-corrected chi connectivity index (χ4v) is 8.72. The molecule has 0 spiro atoms. The SMILES string of the molecule is CCS(=O)(=O)CC[C@H]1O[C@@H](n2cnc3c(=O)[nH]c(N)nc32)[C@@H](O)C1O.Cn1cnc2c1ncn1ccnc21.[B][C@@H]1O[C@H](COS(=O)(=O)NC(=O)CCc2c[nH]c3ccccc23)C(O)[C@@H]1O. The van der Waals surface area contributed by atoms with Gasteiger partial charge in [-0.2, -0.15) is 13.4 Å². The summed E-state index contributed by atoms with van der Waals surface area (Å²) in [4.78, 5) is 49.7. The van der Waals surface area contributed by atoms with Crippen LogP contribution in [0.4, 0.5) is 5.95 Å². The van der Waals surface area contributed by atoms with Crippen molar-refractivity contribution in [1.82, 2.24) is 53.1 Å². The molecule has 1 amide bonds. The molecule has 7 aromatic rings. The van der Waals surface area contributed by atoms with Crippen molar-refractivity contribution in [2.75, 3.05) is 23.8 Å². The van der Waals surface area contributed by atoms with Gasteiger partial charge in [0.15, 0.2) is 34.2 Å². The van der Waals surface area contributed by atoms with Crippen LogP contribution < -0.4 is 16.0 Å². The van der Waals surface area contributed by atoms with Crippen molar-refractivity contribution in [1.29, 1.82) is 0 Å². The number of H-pyrrole nitrogens is 2. The third-order valence-electron chi connectivity index (χ3n) is 10.6. The zero-order chi connectivity index (χ0) is 46.8. The van der Waals surface area contributed by atoms with Gasteiger partial charge >= 0.3 is 10.3 Å². The molecule has 2 radical (unpaired) electrons. The number of carbonyl (C=O) groups excluding carboxylic acids is 1. The van der Waals surface area contributed by atoms with E-state index in [1.54, 1.807) is 29.8 Å². The number of hydrogen-bond acceptors (Lipinski definition) is 19. The number of aromatic amines is 2. The van der Waals surface area contributed by atoms with Crippen molar-refractivity contribution >= 4 is 78.7 Å². The molecular weight excluding hydrogens is 895 g/mol. The minimum absolute atomic E-state index is 0.0106. The van der Waals surface area contributed by atoms with E-state index in [1.165, 1.54) is 17.8 Å². The molecule has 65 heavy (non-hydrogen) atoms. The maximum atomic E-state index is 11.9. The van der Waals surface area contributed by atoms with Crippen molar-refractivity contribution in [2.24, 2.45) is 7.05 Å². The molecule has 346 valence electrons. The van der Waals surface area contributed by atoms with E-state index in [0.717, 1.165) is 33.3 Å². The lowest BCUT2D eigenvalue weighted by molar-refractivity contribution is -0.119. The average Bonchev–Trinajstić information content (AvgIpc) is 4.14. The highest BCUT2D eigenvalue weighted by Gasteiger charge is 2.44. The molecule has 28 heteroatoms. The summed E-state index contributed by atoms with van der Waals surface area (Å²) in [5.41, 5.74) is 9.47. The molecule has 0 bridgehead atoms. The molecule has 0 saturated carbocycles. The Labute approximate surface area is 370 Å². The number of ether oxygens (including phenoxy) is 2. The second-order valence-corrected chi connectivity index (χ2v) is 18.8. The zero-order valence-electron chi connectivity index (χ0n) is 34.6. The molecule has 8 heterocycles. The number of fused-ring (bicyclic) bond motifs is 5. The molecule has 8 atom stereocenters. The molecule has 2 aliphatic rings. The van der Waals surface area contributed by atoms with Crippen LogP contribution in [0.15, 0.2) is 66.6 Å². The summed E-state index contributed by atoms with van der Waals surface area (Å²) in [7, 11) is -0.299. The number of nitrogens with two attached hydrogens (primary N) is 1. The number of aliphatic hydroxyl groups is 4. The molecule has 2 aliphatic heterocycles. The van der Waals surface area contributed by atoms with Crippen LogP contribution in [0.25, 0.3) is 38.9 Å². The van der Waals surface area contributed by atoms with Gasteiger partial charge in [-0.3, -0.25) is 27.7 Å². The molecule has 9 rings (SSSR count). The quantitative estimate of drug-likeness (QED) is 0.0606. The number of nitrogens with zero attached hydrogens (tertiary/aromatic N) is 8. The molecule has 25 nitrogen and oxygen atoms in total. The Morgan fingerprint density at radius 1 is 0.938 bits per heavy atom. The van der Waals surface area contributed by atoms with E-state index in [1.807, 2.05) is 46.5 Å². The second-order valence-electron chi connectivity index (χ2n) is 15.0. The van der Waals surface area contributed by atoms with Crippen LogP contribution in [0.5, 0.6) is 0 Å². The Morgan fingerprint density at radius 2 is 1.68 bits per heavy atom. The molecular formula is C37H45BN12O13S2. The highest BCUT2D eigenvalue weighted by molar-refractivity contribution is 7.91. The standard InChI is InChI=1S/C16H19BN2O7S.C13H19N5O6S.C8H7N5/c17-16-15(22)14(21)12(26-16)8-25-27(23,24)19-13(20)6-5-9-7-18-11-4-2-1-3-10(9)11;1-2-25(22,23)4-3-6-8(19)9(20)12(24-6)18-5-15-7-10(18)16-13(14)17-11(7)21;1-12-4-10-6-7(12)11-5-13-3-2-9-8(6)13/h1-4,7,12,14-16,18,21-22H,5-6,8H2,(H,19,20);5-6,8-9,12,19-20H,2-4H2,1H3,(H3,14,16,17,21);2-5H,1H3/t12-,14?,15+,16-;6-,8?,9+,12-;/m11./s1. The predicted molar refractivity (Wildman–Crippen MR) is 231 cm³/mol. The number of anilines is 1. The average molecular weight is 941 g/mol. The smallest absolute Gasteiger partial charge is 0.362 e.